The second-order valence-corrected chi connectivity index (χ2v) is 7.34. The van der Waals surface area contributed by atoms with E-state index < -0.39 is 0 Å². The molecule has 0 fully saturated rings. The average Bonchev–Trinajstić information content (AvgIpc) is 3.14. The Kier molecular flexibility index (Phi) is 5.88. The van der Waals surface area contributed by atoms with Gasteiger partial charge in [-0.15, -0.1) is 11.8 Å². The van der Waals surface area contributed by atoms with E-state index in [1.54, 1.807) is 17.1 Å². The number of amides is 1. The first kappa shape index (κ1) is 17.7. The Morgan fingerprint density at radius 1 is 1.28 bits per heavy atom. The first-order chi connectivity index (χ1) is 12.1. The average molecular weight is 417 g/mol. The zero-order chi connectivity index (χ0) is 17.6. The van der Waals surface area contributed by atoms with E-state index in [9.17, 15) is 4.79 Å². The number of benzene rings is 1. The number of thioether (sulfide) groups is 1. The third-order valence-corrected chi connectivity index (χ3v) is 5.23. The molecule has 0 aliphatic rings. The molecule has 0 saturated carbocycles. The van der Waals surface area contributed by atoms with Gasteiger partial charge in [-0.2, -0.15) is 5.10 Å². The number of hydrogen-bond acceptors (Lipinski definition) is 4. The van der Waals surface area contributed by atoms with Gasteiger partial charge in [-0.3, -0.25) is 4.79 Å². The summed E-state index contributed by atoms with van der Waals surface area (Å²) in [6.07, 6.45) is 5.25. The van der Waals surface area contributed by atoms with Crippen LogP contribution in [0.5, 0.6) is 0 Å². The Labute approximate surface area is 159 Å². The smallest absolute Gasteiger partial charge is 0.230 e. The molecule has 0 bridgehead atoms. The monoisotopic (exact) mass is 416 g/mol. The van der Waals surface area contributed by atoms with Crippen molar-refractivity contribution in [3.8, 4) is 5.82 Å². The van der Waals surface area contributed by atoms with Crippen LogP contribution >= 0.6 is 27.7 Å². The third-order valence-electron chi connectivity index (χ3n) is 3.56. The first-order valence-electron chi connectivity index (χ1n) is 7.73. The fourth-order valence-corrected chi connectivity index (χ4v) is 3.65. The van der Waals surface area contributed by atoms with Gasteiger partial charge < -0.3 is 5.32 Å². The van der Waals surface area contributed by atoms with Gasteiger partial charge >= 0.3 is 0 Å². The number of halogens is 1. The van der Waals surface area contributed by atoms with Crippen LogP contribution in [0, 0.1) is 6.92 Å². The van der Waals surface area contributed by atoms with E-state index in [0.29, 0.717) is 12.3 Å². The summed E-state index contributed by atoms with van der Waals surface area (Å²) >= 11 is 4.98. The Hall–Kier alpha value is -2.12. The largest absolute Gasteiger partial charge is 0.351 e. The molecule has 5 nitrogen and oxygen atoms in total. The number of rotatable bonds is 6. The number of nitrogens with one attached hydrogen (secondary N) is 1. The van der Waals surface area contributed by atoms with Crippen molar-refractivity contribution in [1.82, 2.24) is 20.1 Å². The lowest BCUT2D eigenvalue weighted by molar-refractivity contribution is -0.118. The topological polar surface area (TPSA) is 59.8 Å². The first-order valence-corrected chi connectivity index (χ1v) is 9.51. The van der Waals surface area contributed by atoms with Crippen molar-refractivity contribution in [1.29, 1.82) is 0 Å². The van der Waals surface area contributed by atoms with E-state index >= 15 is 0 Å². The number of carbonyl (C=O) groups excluding carboxylic acids is 1. The van der Waals surface area contributed by atoms with Crippen LogP contribution < -0.4 is 5.32 Å². The molecule has 7 heteroatoms. The highest BCUT2D eigenvalue weighted by molar-refractivity contribution is 9.10. The summed E-state index contributed by atoms with van der Waals surface area (Å²) in [6.45, 7) is 2.46. The van der Waals surface area contributed by atoms with Gasteiger partial charge in [0.05, 0.1) is 5.75 Å². The SMILES string of the molecule is Cc1cc(Br)ccc1SCC(=O)NCc1cccnc1-n1cccn1. The second kappa shape index (κ2) is 8.31. The summed E-state index contributed by atoms with van der Waals surface area (Å²) in [5, 5.41) is 7.15. The molecule has 3 aromatic rings. The minimum atomic E-state index is -0.0115. The molecule has 25 heavy (non-hydrogen) atoms. The number of pyridine rings is 1. The number of aromatic nitrogens is 3. The molecule has 0 unspecified atom stereocenters. The third kappa shape index (κ3) is 4.70. The molecule has 0 saturated heterocycles. The summed E-state index contributed by atoms with van der Waals surface area (Å²) in [6, 6.07) is 11.7. The van der Waals surface area contributed by atoms with Crippen LogP contribution in [0.15, 0.2) is 64.4 Å². The molecule has 0 spiro atoms. The predicted octanol–water partition coefficient (Wildman–Crippen LogP) is 3.75. The molecule has 0 atom stereocenters. The van der Waals surface area contributed by atoms with Crippen molar-refractivity contribution < 1.29 is 4.79 Å². The molecule has 0 radical (unpaired) electrons. The van der Waals surface area contributed by atoms with Crippen molar-refractivity contribution in [2.75, 3.05) is 5.75 Å². The van der Waals surface area contributed by atoms with Gasteiger partial charge in [0.25, 0.3) is 0 Å². The van der Waals surface area contributed by atoms with E-state index in [1.165, 1.54) is 11.8 Å². The Morgan fingerprint density at radius 3 is 2.92 bits per heavy atom. The molecule has 128 valence electrons. The maximum Gasteiger partial charge on any atom is 0.230 e. The van der Waals surface area contributed by atoms with Crippen molar-refractivity contribution in [3.05, 3.63) is 70.6 Å². The van der Waals surface area contributed by atoms with Gasteiger partial charge in [0, 0.05) is 40.1 Å². The predicted molar refractivity (Wildman–Crippen MR) is 103 cm³/mol. The van der Waals surface area contributed by atoms with Crippen LogP contribution in [0.3, 0.4) is 0 Å². The number of carbonyl (C=O) groups is 1. The maximum absolute atomic E-state index is 12.2. The molecular formula is C18H17BrN4OS. The molecule has 1 amide bonds. The molecule has 0 aliphatic carbocycles. The summed E-state index contributed by atoms with van der Waals surface area (Å²) in [4.78, 5) is 17.6. The van der Waals surface area contributed by atoms with Gasteiger partial charge in [-0.1, -0.05) is 22.0 Å². The lowest BCUT2D eigenvalue weighted by Gasteiger charge is -2.10. The highest BCUT2D eigenvalue weighted by atomic mass is 79.9. The van der Waals surface area contributed by atoms with Crippen LogP contribution in [0.4, 0.5) is 0 Å². The quantitative estimate of drug-likeness (QED) is 0.621. The minimum absolute atomic E-state index is 0.0115. The molecular weight excluding hydrogens is 400 g/mol. The van der Waals surface area contributed by atoms with E-state index in [1.807, 2.05) is 49.5 Å². The summed E-state index contributed by atoms with van der Waals surface area (Å²) in [5.74, 6) is 1.09. The Bertz CT molecular complexity index is 867. The van der Waals surface area contributed by atoms with Crippen molar-refractivity contribution in [3.63, 3.8) is 0 Å². The Morgan fingerprint density at radius 2 is 2.16 bits per heavy atom. The number of nitrogens with zero attached hydrogens (tertiary/aromatic N) is 3. The highest BCUT2D eigenvalue weighted by Crippen LogP contribution is 2.25. The standard InChI is InChI=1S/C18H17BrN4OS/c1-13-10-15(19)5-6-16(13)25-12-17(24)21-11-14-4-2-7-20-18(14)23-9-3-8-22-23/h2-10H,11-12H2,1H3,(H,21,24). The van der Waals surface area contributed by atoms with Crippen LogP contribution in [-0.4, -0.2) is 26.4 Å². The molecule has 2 aromatic heterocycles. The van der Waals surface area contributed by atoms with E-state index in [2.05, 4.69) is 31.3 Å². The maximum atomic E-state index is 12.2. The van der Waals surface area contributed by atoms with Gasteiger partial charge in [0.1, 0.15) is 0 Å². The lowest BCUT2D eigenvalue weighted by Crippen LogP contribution is -2.25. The lowest BCUT2D eigenvalue weighted by atomic mass is 10.2. The van der Waals surface area contributed by atoms with Gasteiger partial charge in [0.2, 0.25) is 5.91 Å². The van der Waals surface area contributed by atoms with Crippen LogP contribution in [0.25, 0.3) is 5.82 Å². The number of aryl methyl sites for hydroxylation is 1. The normalized spacial score (nSPS) is 10.6. The fraction of sp³-hybridized carbons (Fsp3) is 0.167. The highest BCUT2D eigenvalue weighted by Gasteiger charge is 2.09. The van der Waals surface area contributed by atoms with Gasteiger partial charge in [-0.25, -0.2) is 9.67 Å². The molecule has 1 aromatic carbocycles. The van der Waals surface area contributed by atoms with E-state index in [0.717, 1.165) is 26.3 Å². The van der Waals surface area contributed by atoms with Crippen molar-refractivity contribution >= 4 is 33.6 Å². The molecule has 3 rings (SSSR count). The van der Waals surface area contributed by atoms with Gasteiger partial charge in [0.15, 0.2) is 5.82 Å². The molecule has 1 N–H and O–H groups in total. The summed E-state index contributed by atoms with van der Waals surface area (Å²) in [5.41, 5.74) is 2.07. The van der Waals surface area contributed by atoms with Crippen LogP contribution in [0.2, 0.25) is 0 Å². The summed E-state index contributed by atoms with van der Waals surface area (Å²) in [7, 11) is 0. The minimum Gasteiger partial charge on any atom is -0.351 e. The fourth-order valence-electron chi connectivity index (χ4n) is 2.33. The van der Waals surface area contributed by atoms with Gasteiger partial charge in [-0.05, 0) is 42.8 Å². The Balaban J connectivity index is 1.58. The van der Waals surface area contributed by atoms with Crippen LogP contribution in [-0.2, 0) is 11.3 Å². The summed E-state index contributed by atoms with van der Waals surface area (Å²) < 4.78 is 2.74. The zero-order valence-corrected chi connectivity index (χ0v) is 16.0. The van der Waals surface area contributed by atoms with Crippen LogP contribution in [0.1, 0.15) is 11.1 Å². The second-order valence-electron chi connectivity index (χ2n) is 5.41. The molecule has 2 heterocycles. The zero-order valence-electron chi connectivity index (χ0n) is 13.6. The van der Waals surface area contributed by atoms with E-state index in [-0.39, 0.29) is 5.91 Å². The van der Waals surface area contributed by atoms with E-state index in [4.69, 9.17) is 0 Å². The van der Waals surface area contributed by atoms with Crippen molar-refractivity contribution in [2.24, 2.45) is 0 Å². The molecule has 0 aliphatic heterocycles. The number of hydrogen-bond donors (Lipinski definition) is 1. The van der Waals surface area contributed by atoms with Crippen molar-refractivity contribution in [2.45, 2.75) is 18.4 Å².